The summed E-state index contributed by atoms with van der Waals surface area (Å²) in [7, 11) is 0. The van der Waals surface area contributed by atoms with E-state index in [1.54, 1.807) is 21.7 Å². The van der Waals surface area contributed by atoms with Crippen LogP contribution >= 0.6 is 25.3 Å². The molecule has 0 aliphatic heterocycles. The van der Waals surface area contributed by atoms with Gasteiger partial charge in [0, 0.05) is 0 Å². The number of unbranched alkanes of at least 4 members (excludes halogenated alkanes) is 18. The maximum absolute atomic E-state index is 4.27. The van der Waals surface area contributed by atoms with Gasteiger partial charge in [-0.05, 0) is 0 Å². The van der Waals surface area contributed by atoms with E-state index in [2.05, 4.69) is 25.3 Å². The molecule has 0 heterocycles. The molecule has 2 radical (unpaired) electrons. The van der Waals surface area contributed by atoms with Crippen LogP contribution < -0.4 is 0 Å². The maximum atomic E-state index is 4.27. The van der Waals surface area contributed by atoms with Crippen molar-refractivity contribution >= 4 is 46.4 Å². The van der Waals surface area contributed by atoms with E-state index in [0.717, 1.165) is 11.5 Å². The molecule has 0 unspecified atom stereocenters. The van der Waals surface area contributed by atoms with Crippen molar-refractivity contribution in [1.29, 1.82) is 0 Å². The Balaban J connectivity index is 2.95. The number of rotatable bonds is 24. The molecule has 0 atom stereocenters. The molecule has 0 fully saturated rings. The molecular formula is C24H50S2Sn. The van der Waals surface area contributed by atoms with Crippen molar-refractivity contribution in [3.63, 3.8) is 0 Å². The zero-order valence-corrected chi connectivity index (χ0v) is 23.0. The van der Waals surface area contributed by atoms with Crippen molar-refractivity contribution in [2.75, 3.05) is 11.5 Å². The molecule has 3 heteroatoms. The van der Waals surface area contributed by atoms with Crippen LogP contribution in [-0.4, -0.2) is 32.6 Å². The Bertz CT molecular complexity index is 225. The second-order valence-electron chi connectivity index (χ2n) is 8.27. The van der Waals surface area contributed by atoms with Gasteiger partial charge in [-0.25, -0.2) is 0 Å². The summed E-state index contributed by atoms with van der Waals surface area (Å²) in [5, 5.41) is 0. The molecule has 0 saturated carbocycles. The summed E-state index contributed by atoms with van der Waals surface area (Å²) in [5.41, 5.74) is 0. The van der Waals surface area contributed by atoms with Crippen LogP contribution in [0.25, 0.3) is 0 Å². The van der Waals surface area contributed by atoms with Gasteiger partial charge in [0.2, 0.25) is 0 Å². The molecule has 0 spiro atoms. The van der Waals surface area contributed by atoms with E-state index in [0.29, 0.717) is 0 Å². The predicted molar refractivity (Wildman–Crippen MR) is 135 cm³/mol. The summed E-state index contributed by atoms with van der Waals surface area (Å²) in [6.07, 6.45) is 29.3. The van der Waals surface area contributed by atoms with E-state index in [-0.39, 0.29) is 21.1 Å². The van der Waals surface area contributed by atoms with Crippen molar-refractivity contribution in [3.8, 4) is 0 Å². The van der Waals surface area contributed by atoms with Crippen LogP contribution in [0, 0.1) is 0 Å². The molecule has 27 heavy (non-hydrogen) atoms. The average molecular weight is 522 g/mol. The first-order valence-electron chi connectivity index (χ1n) is 12.3. The van der Waals surface area contributed by atoms with Crippen LogP contribution in [0.2, 0.25) is 8.87 Å². The fraction of sp³-hybridized carbons (Fsp3) is 1.00. The van der Waals surface area contributed by atoms with E-state index in [4.69, 9.17) is 0 Å². The van der Waals surface area contributed by atoms with Gasteiger partial charge in [-0.3, -0.25) is 0 Å². The quantitative estimate of drug-likeness (QED) is 0.0706. The molecule has 162 valence electrons. The molecule has 0 saturated heterocycles. The van der Waals surface area contributed by atoms with Gasteiger partial charge in [0.05, 0.1) is 0 Å². The van der Waals surface area contributed by atoms with E-state index in [9.17, 15) is 0 Å². The Kier molecular flexibility index (Phi) is 29.0. The van der Waals surface area contributed by atoms with Crippen LogP contribution in [0.3, 0.4) is 0 Å². The first-order valence-corrected chi connectivity index (χ1v) is 17.6. The molecule has 0 bridgehead atoms. The van der Waals surface area contributed by atoms with Crippen molar-refractivity contribution in [3.05, 3.63) is 0 Å². The van der Waals surface area contributed by atoms with E-state index >= 15 is 0 Å². The fourth-order valence-electron chi connectivity index (χ4n) is 3.68. The molecule has 0 N–H and O–H groups in total. The van der Waals surface area contributed by atoms with E-state index in [1.807, 2.05) is 0 Å². The van der Waals surface area contributed by atoms with Gasteiger partial charge in [-0.1, -0.05) is 0 Å². The summed E-state index contributed by atoms with van der Waals surface area (Å²) in [5.74, 6) is 2.14. The Morgan fingerprint density at radius 1 is 0.296 bits per heavy atom. The first-order chi connectivity index (χ1) is 13.4. The third-order valence-electron chi connectivity index (χ3n) is 5.52. The topological polar surface area (TPSA) is 0 Å². The van der Waals surface area contributed by atoms with Crippen LogP contribution in [-0.2, 0) is 0 Å². The summed E-state index contributed by atoms with van der Waals surface area (Å²) >= 11 is 8.56. The minimum Gasteiger partial charge on any atom is -0.179 e. The second kappa shape index (κ2) is 27.5. The summed E-state index contributed by atoms with van der Waals surface area (Å²) in [4.78, 5) is 0. The van der Waals surface area contributed by atoms with Crippen LogP contribution in [0.4, 0.5) is 0 Å². The summed E-state index contributed by atoms with van der Waals surface area (Å²) in [6.45, 7) is 0. The van der Waals surface area contributed by atoms with Gasteiger partial charge in [0.15, 0.2) is 0 Å². The molecule has 0 aromatic carbocycles. The van der Waals surface area contributed by atoms with Crippen molar-refractivity contribution in [2.45, 2.75) is 137 Å². The predicted octanol–water partition coefficient (Wildman–Crippen LogP) is 9.19. The fourth-order valence-corrected chi connectivity index (χ4v) is 7.69. The number of hydrogen-bond acceptors (Lipinski definition) is 2. The summed E-state index contributed by atoms with van der Waals surface area (Å²) < 4.78 is 3.30. The zero-order chi connectivity index (χ0) is 19.7. The Morgan fingerprint density at radius 2 is 0.519 bits per heavy atom. The monoisotopic (exact) mass is 522 g/mol. The van der Waals surface area contributed by atoms with Gasteiger partial charge in [-0.2, -0.15) is 25.3 Å². The van der Waals surface area contributed by atoms with Crippen LogP contribution in [0.1, 0.15) is 128 Å². The third-order valence-corrected chi connectivity index (χ3v) is 10.2. The molecular weight excluding hydrogens is 471 g/mol. The Labute approximate surface area is 194 Å². The standard InChI is InChI=1S/2C12H25S.Sn/c2*1-2-3-4-5-6-7-8-9-10-11-12-13;/h2*13H,1-12H2;. The minimum atomic E-state index is 0.0191. The smallest absolute Gasteiger partial charge is 0.179 e. The van der Waals surface area contributed by atoms with Gasteiger partial charge >= 0.3 is 170 Å². The first kappa shape index (κ1) is 28.5. The van der Waals surface area contributed by atoms with Crippen molar-refractivity contribution in [2.24, 2.45) is 0 Å². The minimum absolute atomic E-state index is 0.0191. The number of hydrogen-bond donors (Lipinski definition) is 2. The molecule has 0 amide bonds. The van der Waals surface area contributed by atoms with E-state index in [1.165, 1.54) is 116 Å². The van der Waals surface area contributed by atoms with Gasteiger partial charge < -0.3 is 0 Å². The Morgan fingerprint density at radius 3 is 0.778 bits per heavy atom. The molecule has 0 aromatic heterocycles. The molecule has 0 aliphatic carbocycles. The van der Waals surface area contributed by atoms with Gasteiger partial charge in [0.1, 0.15) is 0 Å². The van der Waals surface area contributed by atoms with Crippen molar-refractivity contribution < 1.29 is 0 Å². The summed E-state index contributed by atoms with van der Waals surface area (Å²) in [6, 6.07) is 0. The zero-order valence-electron chi connectivity index (χ0n) is 18.4. The third kappa shape index (κ3) is 27.5. The van der Waals surface area contributed by atoms with Crippen LogP contribution in [0.5, 0.6) is 0 Å². The van der Waals surface area contributed by atoms with Crippen molar-refractivity contribution in [1.82, 2.24) is 0 Å². The molecule has 0 aromatic rings. The molecule has 0 rings (SSSR count). The van der Waals surface area contributed by atoms with E-state index < -0.39 is 0 Å². The molecule has 0 nitrogen and oxygen atoms in total. The van der Waals surface area contributed by atoms with Gasteiger partial charge in [0.25, 0.3) is 0 Å². The number of thiol groups is 2. The van der Waals surface area contributed by atoms with Crippen LogP contribution in [0.15, 0.2) is 0 Å². The second-order valence-corrected chi connectivity index (χ2v) is 13.4. The molecule has 0 aliphatic rings. The SMILES string of the molecule is SCCCCCCCCCCC[CH2][Sn][CH2]CCCCCCCCCCCS. The Hall–Kier alpha value is 1.50. The normalized spacial score (nSPS) is 11.3. The average Bonchev–Trinajstić information content (AvgIpc) is 2.68. The van der Waals surface area contributed by atoms with Gasteiger partial charge in [-0.15, -0.1) is 0 Å².